The second kappa shape index (κ2) is 11.2. The maximum Gasteiger partial charge on any atom is 0.258 e. The van der Waals surface area contributed by atoms with Crippen LogP contribution in [-0.2, 0) is 4.79 Å². The molecule has 2 aliphatic rings. The van der Waals surface area contributed by atoms with Gasteiger partial charge >= 0.3 is 0 Å². The highest BCUT2D eigenvalue weighted by atomic mass is 19.1. The SMILES string of the molecule is C[C@@H]1C[C@H](N)CN(c2ccncc2NC(=O)c2ccc(F)c(-c3c(F)cc(N4CCCC(=O)C4)cc3F)c2F)C1. The molecule has 5 rings (SSSR count). The first-order chi connectivity index (χ1) is 19.1. The average molecular weight is 556 g/mol. The zero-order valence-electron chi connectivity index (χ0n) is 21.9. The number of nitrogens with one attached hydrogen (secondary N) is 1. The molecule has 0 radical (unpaired) electrons. The molecule has 3 aromatic rings. The molecular formula is C29H29F4N5O2. The summed E-state index contributed by atoms with van der Waals surface area (Å²) in [5.74, 6) is -5.76. The molecule has 0 spiro atoms. The standard InChI is InChI=1S/C29H29F4N5O2/c1-16-9-17(34)14-38(13-16)25-6-7-35-12-24(25)36-29(40)20-4-5-21(30)27(28(20)33)26-22(31)10-18(11-23(26)32)37-8-2-3-19(39)15-37/h4-7,10-12,16-17H,2-3,8-9,13-15,34H2,1H3,(H,36,40)/t16-,17+/m1/s1. The molecular weight excluding hydrogens is 526 g/mol. The lowest BCUT2D eigenvalue weighted by Crippen LogP contribution is -2.46. The fourth-order valence-electron chi connectivity index (χ4n) is 5.54. The lowest BCUT2D eigenvalue weighted by atomic mass is 9.96. The number of nitrogens with zero attached hydrogens (tertiary/aromatic N) is 3. The Morgan fingerprint density at radius 1 is 1.02 bits per heavy atom. The van der Waals surface area contributed by atoms with Gasteiger partial charge in [0.15, 0.2) is 5.78 Å². The molecule has 0 unspecified atom stereocenters. The van der Waals surface area contributed by atoms with Crippen molar-refractivity contribution in [1.82, 2.24) is 4.98 Å². The second-order valence-corrected chi connectivity index (χ2v) is 10.5. The molecule has 11 heteroatoms. The largest absolute Gasteiger partial charge is 0.368 e. The van der Waals surface area contributed by atoms with Crippen molar-refractivity contribution >= 4 is 28.8 Å². The highest BCUT2D eigenvalue weighted by molar-refractivity contribution is 6.06. The summed E-state index contributed by atoms with van der Waals surface area (Å²) in [5.41, 5.74) is 4.67. The van der Waals surface area contributed by atoms with Gasteiger partial charge < -0.3 is 20.9 Å². The van der Waals surface area contributed by atoms with Gasteiger partial charge in [0.1, 0.15) is 23.3 Å². The lowest BCUT2D eigenvalue weighted by Gasteiger charge is -2.37. The summed E-state index contributed by atoms with van der Waals surface area (Å²) in [6.45, 7) is 3.72. The molecule has 2 atom stereocenters. The van der Waals surface area contributed by atoms with Crippen LogP contribution in [0.5, 0.6) is 0 Å². The topological polar surface area (TPSA) is 91.6 Å². The number of carbonyl (C=O) groups excluding carboxylic acids is 2. The van der Waals surface area contributed by atoms with Crippen molar-refractivity contribution in [1.29, 1.82) is 0 Å². The van der Waals surface area contributed by atoms with E-state index in [1.165, 1.54) is 11.1 Å². The summed E-state index contributed by atoms with van der Waals surface area (Å²) < 4.78 is 60.9. The molecule has 210 valence electrons. The predicted octanol–water partition coefficient (Wildman–Crippen LogP) is 4.90. The van der Waals surface area contributed by atoms with Gasteiger partial charge in [-0.1, -0.05) is 6.92 Å². The van der Waals surface area contributed by atoms with Crippen molar-refractivity contribution in [2.45, 2.75) is 32.2 Å². The number of hydrogen-bond donors (Lipinski definition) is 2. The molecule has 7 nitrogen and oxygen atoms in total. The maximum absolute atomic E-state index is 15.7. The minimum absolute atomic E-state index is 0.00475. The first-order valence-electron chi connectivity index (χ1n) is 13.1. The van der Waals surface area contributed by atoms with Crippen molar-refractivity contribution in [3.63, 3.8) is 0 Å². The number of amides is 1. The Morgan fingerprint density at radius 2 is 1.77 bits per heavy atom. The number of rotatable bonds is 5. The van der Waals surface area contributed by atoms with E-state index < -0.39 is 45.9 Å². The van der Waals surface area contributed by atoms with E-state index in [0.29, 0.717) is 44.1 Å². The van der Waals surface area contributed by atoms with Gasteiger partial charge in [0, 0.05) is 44.0 Å². The summed E-state index contributed by atoms with van der Waals surface area (Å²) >= 11 is 0. The van der Waals surface area contributed by atoms with Gasteiger partial charge in [0.2, 0.25) is 0 Å². The van der Waals surface area contributed by atoms with Crippen molar-refractivity contribution in [2.75, 3.05) is 41.3 Å². The maximum atomic E-state index is 15.7. The number of pyridine rings is 1. The number of anilines is 3. The van der Waals surface area contributed by atoms with Gasteiger partial charge in [-0.3, -0.25) is 14.6 Å². The van der Waals surface area contributed by atoms with Crippen LogP contribution in [0.15, 0.2) is 42.7 Å². The van der Waals surface area contributed by atoms with E-state index in [0.717, 1.165) is 30.7 Å². The Kier molecular flexibility index (Phi) is 7.75. The third-order valence-electron chi connectivity index (χ3n) is 7.31. The predicted molar refractivity (Wildman–Crippen MR) is 144 cm³/mol. The number of halogens is 4. The van der Waals surface area contributed by atoms with Gasteiger partial charge in [-0.05, 0) is 49.1 Å². The van der Waals surface area contributed by atoms with Crippen LogP contribution in [-0.4, -0.2) is 48.9 Å². The molecule has 3 heterocycles. The van der Waals surface area contributed by atoms with E-state index in [4.69, 9.17) is 5.73 Å². The molecule has 2 fully saturated rings. The second-order valence-electron chi connectivity index (χ2n) is 10.5. The third-order valence-corrected chi connectivity index (χ3v) is 7.31. The van der Waals surface area contributed by atoms with Gasteiger partial charge in [-0.25, -0.2) is 17.6 Å². The summed E-state index contributed by atoms with van der Waals surface area (Å²) in [7, 11) is 0. The Morgan fingerprint density at radius 3 is 2.48 bits per heavy atom. The molecule has 1 amide bonds. The zero-order valence-corrected chi connectivity index (χ0v) is 21.9. The number of Topliss-reactive ketones (excluding diaryl/α,β-unsaturated/α-hetero) is 1. The fraction of sp³-hybridized carbons (Fsp3) is 0.345. The van der Waals surface area contributed by atoms with Crippen LogP contribution in [0.1, 0.15) is 36.5 Å². The minimum Gasteiger partial charge on any atom is -0.368 e. The third kappa shape index (κ3) is 5.51. The monoisotopic (exact) mass is 555 g/mol. The first kappa shape index (κ1) is 27.6. The zero-order chi connectivity index (χ0) is 28.6. The first-order valence-corrected chi connectivity index (χ1v) is 13.1. The van der Waals surface area contributed by atoms with Crippen LogP contribution in [0.2, 0.25) is 0 Å². The number of carbonyl (C=O) groups is 2. The molecule has 2 saturated heterocycles. The Balaban J connectivity index is 1.46. The van der Waals surface area contributed by atoms with E-state index in [9.17, 15) is 14.0 Å². The normalized spacial score (nSPS) is 19.6. The van der Waals surface area contributed by atoms with Gasteiger partial charge in [0.25, 0.3) is 5.91 Å². The van der Waals surface area contributed by atoms with Crippen molar-refractivity contribution in [2.24, 2.45) is 11.7 Å². The molecule has 0 aliphatic carbocycles. The summed E-state index contributed by atoms with van der Waals surface area (Å²) in [6.07, 6.45) is 4.74. The Hall–Kier alpha value is -3.99. The molecule has 40 heavy (non-hydrogen) atoms. The fourth-order valence-corrected chi connectivity index (χ4v) is 5.54. The summed E-state index contributed by atoms with van der Waals surface area (Å²) in [5, 5.41) is 2.61. The van der Waals surface area contributed by atoms with E-state index in [1.807, 2.05) is 4.90 Å². The number of benzene rings is 2. The van der Waals surface area contributed by atoms with Crippen LogP contribution >= 0.6 is 0 Å². The average Bonchev–Trinajstić information content (AvgIpc) is 2.89. The van der Waals surface area contributed by atoms with Crippen molar-refractivity contribution in [3.8, 4) is 11.1 Å². The molecule has 3 N–H and O–H groups in total. The molecule has 1 aromatic heterocycles. The van der Waals surface area contributed by atoms with E-state index >= 15 is 13.2 Å². The van der Waals surface area contributed by atoms with Gasteiger partial charge in [-0.2, -0.15) is 0 Å². The van der Waals surface area contributed by atoms with Crippen LogP contribution < -0.4 is 20.9 Å². The number of aromatic nitrogens is 1. The number of ketones is 1. The van der Waals surface area contributed by atoms with Gasteiger partial charge in [0.05, 0.1) is 40.8 Å². The van der Waals surface area contributed by atoms with Crippen LogP contribution in [0.4, 0.5) is 34.6 Å². The van der Waals surface area contributed by atoms with Crippen molar-refractivity contribution < 1.29 is 27.2 Å². The number of piperidine rings is 2. The molecule has 0 bridgehead atoms. The minimum atomic E-state index is -1.41. The Bertz CT molecular complexity index is 1430. The molecule has 0 saturated carbocycles. The van der Waals surface area contributed by atoms with E-state index in [2.05, 4.69) is 17.2 Å². The molecule has 2 aliphatic heterocycles. The smallest absolute Gasteiger partial charge is 0.258 e. The van der Waals surface area contributed by atoms with Crippen molar-refractivity contribution in [3.05, 3.63) is 71.6 Å². The van der Waals surface area contributed by atoms with Crippen LogP contribution in [0.25, 0.3) is 11.1 Å². The Labute approximate surface area is 229 Å². The quantitative estimate of drug-likeness (QED) is 0.436. The highest BCUT2D eigenvalue weighted by Crippen LogP contribution is 2.36. The van der Waals surface area contributed by atoms with Crippen LogP contribution in [0, 0.1) is 29.2 Å². The highest BCUT2D eigenvalue weighted by Gasteiger charge is 2.28. The molecule has 2 aromatic carbocycles. The number of hydrogen-bond acceptors (Lipinski definition) is 6. The summed E-state index contributed by atoms with van der Waals surface area (Å²) in [6, 6.07) is 5.23. The van der Waals surface area contributed by atoms with E-state index in [-0.39, 0.29) is 29.7 Å². The number of nitrogens with two attached hydrogens (primary N) is 1. The lowest BCUT2D eigenvalue weighted by molar-refractivity contribution is -0.118. The van der Waals surface area contributed by atoms with Gasteiger partial charge in [-0.15, -0.1) is 0 Å². The summed E-state index contributed by atoms with van der Waals surface area (Å²) in [4.78, 5) is 32.5. The van der Waals surface area contributed by atoms with E-state index in [1.54, 1.807) is 12.3 Å². The van der Waals surface area contributed by atoms with Crippen LogP contribution in [0.3, 0.4) is 0 Å².